The monoisotopic (exact) mass is 271 g/mol. The molecule has 0 aromatic carbocycles. The lowest BCUT2D eigenvalue weighted by molar-refractivity contribution is -0.125. The number of ether oxygens (including phenoxy) is 1. The molecule has 112 valence electrons. The first kappa shape index (κ1) is 16.4. The van der Waals surface area contributed by atoms with E-state index in [-0.39, 0.29) is 11.9 Å². The molecule has 1 aliphatic rings. The molecule has 2 N–H and O–H groups in total. The Kier molecular flexibility index (Phi) is 8.02. The fraction of sp³-hybridized carbons (Fsp3) is 0.929. The topological polar surface area (TPSA) is 53.6 Å². The molecule has 0 spiro atoms. The molecule has 0 radical (unpaired) electrons. The van der Waals surface area contributed by atoms with Crippen LogP contribution in [0.2, 0.25) is 0 Å². The molecule has 1 rings (SSSR count). The zero-order valence-corrected chi connectivity index (χ0v) is 12.6. The zero-order valence-electron chi connectivity index (χ0n) is 12.6. The van der Waals surface area contributed by atoms with Gasteiger partial charge in [0.05, 0.1) is 12.6 Å². The number of hydrogen-bond donors (Lipinski definition) is 2. The Morgan fingerprint density at radius 3 is 2.95 bits per heavy atom. The van der Waals surface area contributed by atoms with Crippen LogP contribution in [0.25, 0.3) is 0 Å². The molecule has 0 aromatic rings. The summed E-state index contributed by atoms with van der Waals surface area (Å²) in [5.74, 6) is 0.0798. The number of carbonyl (C=O) groups is 1. The largest absolute Gasteiger partial charge is 0.383 e. The Bertz CT molecular complexity index is 255. The molecule has 5 heteroatoms. The number of methoxy groups -OCH3 is 1. The summed E-state index contributed by atoms with van der Waals surface area (Å²) in [6.45, 7) is 5.19. The summed E-state index contributed by atoms with van der Waals surface area (Å²) >= 11 is 0. The van der Waals surface area contributed by atoms with Crippen LogP contribution in [0.1, 0.15) is 32.6 Å². The van der Waals surface area contributed by atoms with Crippen LogP contribution >= 0.6 is 0 Å². The fourth-order valence-corrected chi connectivity index (χ4v) is 2.35. The third-order valence-electron chi connectivity index (χ3n) is 3.89. The molecule has 0 bridgehead atoms. The summed E-state index contributed by atoms with van der Waals surface area (Å²) in [5, 5.41) is 6.42. The van der Waals surface area contributed by atoms with E-state index >= 15 is 0 Å². The average Bonchev–Trinajstić information content (AvgIpc) is 2.45. The molecule has 1 heterocycles. The normalized spacial score (nSPS) is 21.4. The van der Waals surface area contributed by atoms with Crippen molar-refractivity contribution in [2.24, 2.45) is 0 Å². The third kappa shape index (κ3) is 6.36. The number of nitrogens with zero attached hydrogens (tertiary/aromatic N) is 1. The summed E-state index contributed by atoms with van der Waals surface area (Å²) < 4.78 is 4.92. The molecule has 0 aromatic heterocycles. The van der Waals surface area contributed by atoms with Gasteiger partial charge in [0.2, 0.25) is 5.91 Å². The van der Waals surface area contributed by atoms with Crippen LogP contribution in [-0.4, -0.2) is 63.3 Å². The van der Waals surface area contributed by atoms with Gasteiger partial charge in [-0.05, 0) is 39.8 Å². The molecule has 19 heavy (non-hydrogen) atoms. The lowest BCUT2D eigenvalue weighted by atomic mass is 10.0. The maximum atomic E-state index is 11.9. The average molecular weight is 271 g/mol. The predicted molar refractivity (Wildman–Crippen MR) is 77.2 cm³/mol. The number of carbonyl (C=O) groups excluding carboxylic acids is 1. The molecule has 1 aliphatic heterocycles. The van der Waals surface area contributed by atoms with E-state index in [9.17, 15) is 4.79 Å². The van der Waals surface area contributed by atoms with Crippen molar-refractivity contribution >= 4 is 5.91 Å². The van der Waals surface area contributed by atoms with Crippen LogP contribution in [0.15, 0.2) is 0 Å². The smallest absolute Gasteiger partial charge is 0.237 e. The van der Waals surface area contributed by atoms with E-state index in [0.29, 0.717) is 19.2 Å². The van der Waals surface area contributed by atoms with Gasteiger partial charge in [0.25, 0.3) is 0 Å². The van der Waals surface area contributed by atoms with Gasteiger partial charge in [-0.1, -0.05) is 6.42 Å². The van der Waals surface area contributed by atoms with Crippen molar-refractivity contribution in [3.63, 3.8) is 0 Å². The second-order valence-corrected chi connectivity index (χ2v) is 5.38. The lowest BCUT2D eigenvalue weighted by Crippen LogP contribution is -2.46. The van der Waals surface area contributed by atoms with Gasteiger partial charge in [-0.2, -0.15) is 0 Å². The van der Waals surface area contributed by atoms with Crippen molar-refractivity contribution < 1.29 is 9.53 Å². The van der Waals surface area contributed by atoms with Crippen molar-refractivity contribution in [3.8, 4) is 0 Å². The maximum absolute atomic E-state index is 11.9. The highest BCUT2D eigenvalue weighted by atomic mass is 16.5. The van der Waals surface area contributed by atoms with E-state index in [1.165, 1.54) is 19.3 Å². The van der Waals surface area contributed by atoms with Gasteiger partial charge in [0.15, 0.2) is 0 Å². The Morgan fingerprint density at radius 1 is 1.53 bits per heavy atom. The maximum Gasteiger partial charge on any atom is 0.237 e. The van der Waals surface area contributed by atoms with Crippen LogP contribution in [0.4, 0.5) is 0 Å². The Labute approximate surface area is 117 Å². The molecule has 0 saturated carbocycles. The van der Waals surface area contributed by atoms with E-state index in [1.807, 2.05) is 14.0 Å². The Hall–Kier alpha value is -0.650. The highest BCUT2D eigenvalue weighted by molar-refractivity contribution is 5.81. The first-order valence-electron chi connectivity index (χ1n) is 7.35. The van der Waals surface area contributed by atoms with Crippen LogP contribution < -0.4 is 10.6 Å². The van der Waals surface area contributed by atoms with Gasteiger partial charge in [-0.3, -0.25) is 9.69 Å². The molecule has 0 aliphatic carbocycles. The molecule has 2 atom stereocenters. The molecule has 5 nitrogen and oxygen atoms in total. The van der Waals surface area contributed by atoms with Gasteiger partial charge in [0, 0.05) is 26.2 Å². The summed E-state index contributed by atoms with van der Waals surface area (Å²) in [6, 6.07) is 0.542. The number of nitrogens with one attached hydrogen (secondary N) is 2. The molecule has 1 fully saturated rings. The number of piperidine rings is 1. The standard InChI is InChI=1S/C14H29N3O2/c1-12(14(18)16-9-11-19-3)17(2)10-7-13-6-4-5-8-15-13/h12-13,15H,4-11H2,1-3H3,(H,16,18). The lowest BCUT2D eigenvalue weighted by Gasteiger charge is -2.28. The van der Waals surface area contributed by atoms with E-state index < -0.39 is 0 Å². The summed E-state index contributed by atoms with van der Waals surface area (Å²) in [5.41, 5.74) is 0. The van der Waals surface area contributed by atoms with E-state index in [1.54, 1.807) is 7.11 Å². The van der Waals surface area contributed by atoms with Crippen molar-refractivity contribution in [2.45, 2.75) is 44.7 Å². The number of likely N-dealkylation sites (N-methyl/N-ethyl adjacent to an activating group) is 1. The second kappa shape index (κ2) is 9.28. The highest BCUT2D eigenvalue weighted by Crippen LogP contribution is 2.11. The minimum atomic E-state index is -0.0829. The van der Waals surface area contributed by atoms with Crippen LogP contribution in [-0.2, 0) is 9.53 Å². The van der Waals surface area contributed by atoms with Crippen LogP contribution in [0.5, 0.6) is 0 Å². The minimum Gasteiger partial charge on any atom is -0.383 e. The van der Waals surface area contributed by atoms with Crippen molar-refractivity contribution in [2.75, 3.05) is 40.4 Å². The van der Waals surface area contributed by atoms with Crippen molar-refractivity contribution in [1.82, 2.24) is 15.5 Å². The van der Waals surface area contributed by atoms with Crippen LogP contribution in [0.3, 0.4) is 0 Å². The molecular formula is C14H29N3O2. The number of rotatable bonds is 8. The van der Waals surface area contributed by atoms with Gasteiger partial charge < -0.3 is 15.4 Å². The van der Waals surface area contributed by atoms with Gasteiger partial charge >= 0.3 is 0 Å². The Morgan fingerprint density at radius 2 is 2.32 bits per heavy atom. The first-order chi connectivity index (χ1) is 9.15. The molecule has 2 unspecified atom stereocenters. The van der Waals surface area contributed by atoms with E-state index in [4.69, 9.17) is 4.74 Å². The van der Waals surface area contributed by atoms with Crippen molar-refractivity contribution in [1.29, 1.82) is 0 Å². The van der Waals surface area contributed by atoms with Crippen molar-refractivity contribution in [3.05, 3.63) is 0 Å². The fourth-order valence-electron chi connectivity index (χ4n) is 2.35. The van der Waals surface area contributed by atoms with E-state index in [0.717, 1.165) is 19.5 Å². The highest BCUT2D eigenvalue weighted by Gasteiger charge is 2.19. The molecule has 1 saturated heterocycles. The summed E-state index contributed by atoms with van der Waals surface area (Å²) in [7, 11) is 3.66. The third-order valence-corrected chi connectivity index (χ3v) is 3.89. The second-order valence-electron chi connectivity index (χ2n) is 5.38. The first-order valence-corrected chi connectivity index (χ1v) is 7.35. The van der Waals surface area contributed by atoms with E-state index in [2.05, 4.69) is 15.5 Å². The molecular weight excluding hydrogens is 242 g/mol. The summed E-state index contributed by atoms with van der Waals surface area (Å²) in [4.78, 5) is 14.0. The minimum absolute atomic E-state index is 0.0798. The quantitative estimate of drug-likeness (QED) is 0.635. The zero-order chi connectivity index (χ0) is 14.1. The number of amides is 1. The molecule has 1 amide bonds. The van der Waals surface area contributed by atoms with Crippen LogP contribution in [0, 0.1) is 0 Å². The predicted octanol–water partition coefficient (Wildman–Crippen LogP) is 0.602. The summed E-state index contributed by atoms with van der Waals surface area (Å²) in [6.07, 6.45) is 5.01. The van der Waals surface area contributed by atoms with Gasteiger partial charge in [-0.25, -0.2) is 0 Å². The Balaban J connectivity index is 2.19. The van der Waals surface area contributed by atoms with Gasteiger partial charge in [0.1, 0.15) is 0 Å². The number of hydrogen-bond acceptors (Lipinski definition) is 4. The van der Waals surface area contributed by atoms with Gasteiger partial charge in [-0.15, -0.1) is 0 Å². The SMILES string of the molecule is COCCNC(=O)C(C)N(C)CCC1CCCCN1.